The Hall–Kier alpha value is -2.37. The van der Waals surface area contributed by atoms with Crippen molar-refractivity contribution in [1.82, 2.24) is 15.5 Å². The Kier molecular flexibility index (Phi) is 5.38. The molecule has 1 aromatic carbocycles. The van der Waals surface area contributed by atoms with Crippen LogP contribution in [0.2, 0.25) is 0 Å². The number of hydrogen-bond donors (Lipinski definition) is 2. The predicted molar refractivity (Wildman–Crippen MR) is 106 cm³/mol. The Bertz CT molecular complexity index is 745. The summed E-state index contributed by atoms with van der Waals surface area (Å²) in [6.07, 6.45) is 5.54. The lowest BCUT2D eigenvalue weighted by Gasteiger charge is -2.36. The second-order valence-electron chi connectivity index (χ2n) is 8.54. The molecule has 1 saturated heterocycles. The quantitative estimate of drug-likeness (QED) is 0.789. The monoisotopic (exact) mass is 383 g/mol. The van der Waals surface area contributed by atoms with Crippen molar-refractivity contribution in [2.45, 2.75) is 57.5 Å². The summed E-state index contributed by atoms with van der Waals surface area (Å²) < 4.78 is 0. The van der Waals surface area contributed by atoms with Crippen molar-refractivity contribution in [1.29, 1.82) is 0 Å². The molecule has 4 rings (SSSR count). The van der Waals surface area contributed by atoms with Crippen LogP contribution in [0.5, 0.6) is 0 Å². The minimum Gasteiger partial charge on any atom is -0.352 e. The highest BCUT2D eigenvalue weighted by molar-refractivity contribution is 5.97. The first-order valence-electron chi connectivity index (χ1n) is 10.5. The Morgan fingerprint density at radius 3 is 2.18 bits per heavy atom. The zero-order valence-electron chi connectivity index (χ0n) is 16.4. The van der Waals surface area contributed by atoms with Gasteiger partial charge in [0.15, 0.2) is 0 Å². The van der Waals surface area contributed by atoms with Gasteiger partial charge in [0.2, 0.25) is 11.8 Å². The standard InChI is InChI=1S/C22H29N3O3/c1-14-2-4-16(5-3-14)20(26)24-19(21(27)23-18-8-9-18)15-10-12-25(13-11-15)22(28)17-6-7-17/h2-5,15,17-19H,6-13H2,1H3,(H,23,27)(H,24,26)/t19-/m1/s1. The summed E-state index contributed by atoms with van der Waals surface area (Å²) in [5.41, 5.74) is 1.66. The van der Waals surface area contributed by atoms with Gasteiger partial charge in [0.05, 0.1) is 0 Å². The summed E-state index contributed by atoms with van der Waals surface area (Å²) in [5.74, 6) is 0.242. The number of nitrogens with one attached hydrogen (secondary N) is 2. The van der Waals surface area contributed by atoms with Crippen LogP contribution in [0.4, 0.5) is 0 Å². The highest BCUT2D eigenvalue weighted by Gasteiger charge is 2.39. The van der Waals surface area contributed by atoms with E-state index in [9.17, 15) is 14.4 Å². The molecule has 0 spiro atoms. The number of likely N-dealkylation sites (tertiary alicyclic amines) is 1. The summed E-state index contributed by atoms with van der Waals surface area (Å²) in [4.78, 5) is 39.8. The molecule has 3 aliphatic rings. The SMILES string of the molecule is Cc1ccc(C(=O)N[C@@H](C(=O)NC2CC2)C2CCN(C(=O)C3CC3)CC2)cc1. The largest absolute Gasteiger partial charge is 0.352 e. The molecule has 0 unspecified atom stereocenters. The third kappa shape index (κ3) is 4.54. The molecule has 2 aliphatic carbocycles. The molecule has 2 N–H and O–H groups in total. The maximum atomic E-state index is 12.8. The van der Waals surface area contributed by atoms with Gasteiger partial charge in [-0.1, -0.05) is 17.7 Å². The van der Waals surface area contributed by atoms with Crippen molar-refractivity contribution < 1.29 is 14.4 Å². The molecule has 150 valence electrons. The van der Waals surface area contributed by atoms with Crippen LogP contribution in [-0.4, -0.2) is 47.8 Å². The average Bonchev–Trinajstić information content (AvgIpc) is 3.60. The van der Waals surface area contributed by atoms with Gasteiger partial charge >= 0.3 is 0 Å². The van der Waals surface area contributed by atoms with Crippen LogP contribution in [0.3, 0.4) is 0 Å². The van der Waals surface area contributed by atoms with Gasteiger partial charge in [0.25, 0.3) is 5.91 Å². The zero-order chi connectivity index (χ0) is 19.7. The number of amides is 3. The van der Waals surface area contributed by atoms with Crippen molar-refractivity contribution in [2.75, 3.05) is 13.1 Å². The fourth-order valence-electron chi connectivity index (χ4n) is 3.89. The summed E-state index contributed by atoms with van der Waals surface area (Å²) in [5, 5.41) is 6.03. The molecule has 0 radical (unpaired) electrons. The fraction of sp³-hybridized carbons (Fsp3) is 0.591. The van der Waals surface area contributed by atoms with E-state index in [0.29, 0.717) is 18.7 Å². The van der Waals surface area contributed by atoms with Crippen LogP contribution in [0.25, 0.3) is 0 Å². The smallest absolute Gasteiger partial charge is 0.251 e. The van der Waals surface area contributed by atoms with Crippen LogP contribution in [0.15, 0.2) is 24.3 Å². The lowest BCUT2D eigenvalue weighted by atomic mass is 9.88. The summed E-state index contributed by atoms with van der Waals surface area (Å²) in [6.45, 7) is 3.32. The molecule has 0 bridgehead atoms. The lowest BCUT2D eigenvalue weighted by molar-refractivity contribution is -0.134. The van der Waals surface area contributed by atoms with E-state index in [1.807, 2.05) is 24.0 Å². The van der Waals surface area contributed by atoms with Gasteiger partial charge in [-0.2, -0.15) is 0 Å². The van der Waals surface area contributed by atoms with Crippen molar-refractivity contribution in [3.8, 4) is 0 Å². The molecule has 1 heterocycles. The molecule has 0 aromatic heterocycles. The summed E-state index contributed by atoms with van der Waals surface area (Å²) >= 11 is 0. The van der Waals surface area contributed by atoms with E-state index in [4.69, 9.17) is 0 Å². The molecule has 6 nitrogen and oxygen atoms in total. The molecular weight excluding hydrogens is 354 g/mol. The minimum absolute atomic E-state index is 0.0522. The van der Waals surface area contributed by atoms with E-state index in [-0.39, 0.29) is 35.6 Å². The first-order chi connectivity index (χ1) is 13.5. The van der Waals surface area contributed by atoms with Crippen LogP contribution >= 0.6 is 0 Å². The number of hydrogen-bond acceptors (Lipinski definition) is 3. The minimum atomic E-state index is -0.549. The predicted octanol–water partition coefficient (Wildman–Crippen LogP) is 2.02. The second kappa shape index (κ2) is 7.94. The third-order valence-corrected chi connectivity index (χ3v) is 6.06. The molecule has 3 amide bonds. The lowest BCUT2D eigenvalue weighted by Crippen LogP contribution is -2.54. The van der Waals surface area contributed by atoms with Crippen LogP contribution in [0, 0.1) is 18.8 Å². The molecule has 1 aliphatic heterocycles. The van der Waals surface area contributed by atoms with Crippen molar-refractivity contribution in [2.24, 2.45) is 11.8 Å². The van der Waals surface area contributed by atoms with Crippen molar-refractivity contribution in [3.63, 3.8) is 0 Å². The number of nitrogens with zero attached hydrogens (tertiary/aromatic N) is 1. The number of carbonyl (C=O) groups is 3. The van der Waals surface area contributed by atoms with E-state index in [0.717, 1.165) is 44.1 Å². The van der Waals surface area contributed by atoms with Crippen LogP contribution in [-0.2, 0) is 9.59 Å². The van der Waals surface area contributed by atoms with Gasteiger partial charge in [-0.3, -0.25) is 14.4 Å². The Labute approximate surface area is 166 Å². The number of benzene rings is 1. The number of piperidine rings is 1. The number of rotatable bonds is 6. The average molecular weight is 383 g/mol. The first kappa shape index (κ1) is 19.0. The van der Waals surface area contributed by atoms with Crippen LogP contribution < -0.4 is 10.6 Å². The fourth-order valence-corrected chi connectivity index (χ4v) is 3.89. The molecule has 2 saturated carbocycles. The van der Waals surface area contributed by atoms with Gasteiger partial charge in [0, 0.05) is 30.6 Å². The van der Waals surface area contributed by atoms with Crippen LogP contribution in [0.1, 0.15) is 54.4 Å². The topological polar surface area (TPSA) is 78.5 Å². The summed E-state index contributed by atoms with van der Waals surface area (Å²) in [7, 11) is 0. The highest BCUT2D eigenvalue weighted by atomic mass is 16.2. The number of aryl methyl sites for hydroxylation is 1. The Balaban J connectivity index is 1.41. The maximum Gasteiger partial charge on any atom is 0.251 e. The van der Waals surface area contributed by atoms with E-state index in [1.165, 1.54) is 0 Å². The first-order valence-corrected chi connectivity index (χ1v) is 10.5. The third-order valence-electron chi connectivity index (χ3n) is 6.06. The van der Waals surface area contributed by atoms with Gasteiger partial charge in [0.1, 0.15) is 6.04 Å². The van der Waals surface area contributed by atoms with Crippen molar-refractivity contribution in [3.05, 3.63) is 35.4 Å². The van der Waals surface area contributed by atoms with E-state index >= 15 is 0 Å². The molecular formula is C22H29N3O3. The van der Waals surface area contributed by atoms with E-state index in [2.05, 4.69) is 10.6 Å². The molecule has 6 heteroatoms. The Morgan fingerprint density at radius 2 is 1.61 bits per heavy atom. The summed E-state index contributed by atoms with van der Waals surface area (Å²) in [6, 6.07) is 7.08. The van der Waals surface area contributed by atoms with Gasteiger partial charge < -0.3 is 15.5 Å². The normalized spacial score (nSPS) is 21.1. The Morgan fingerprint density at radius 1 is 0.964 bits per heavy atom. The van der Waals surface area contributed by atoms with Gasteiger partial charge in [-0.25, -0.2) is 0 Å². The maximum absolute atomic E-state index is 12.8. The highest BCUT2D eigenvalue weighted by Crippen LogP contribution is 2.33. The van der Waals surface area contributed by atoms with Crippen molar-refractivity contribution >= 4 is 17.7 Å². The number of carbonyl (C=O) groups excluding carboxylic acids is 3. The van der Waals surface area contributed by atoms with Gasteiger partial charge in [-0.15, -0.1) is 0 Å². The molecule has 1 atom stereocenters. The second-order valence-corrected chi connectivity index (χ2v) is 8.54. The zero-order valence-corrected chi connectivity index (χ0v) is 16.4. The molecule has 3 fully saturated rings. The van der Waals surface area contributed by atoms with E-state index in [1.54, 1.807) is 12.1 Å². The van der Waals surface area contributed by atoms with Gasteiger partial charge in [-0.05, 0) is 63.5 Å². The molecule has 28 heavy (non-hydrogen) atoms. The van der Waals surface area contributed by atoms with E-state index < -0.39 is 6.04 Å². The molecule has 1 aromatic rings.